The Labute approximate surface area is 191 Å². The third-order valence-corrected chi connectivity index (χ3v) is 5.94. The van der Waals surface area contributed by atoms with E-state index >= 15 is 0 Å². The zero-order chi connectivity index (χ0) is 24.0. The summed E-state index contributed by atoms with van der Waals surface area (Å²) < 4.78 is 49.5. The van der Waals surface area contributed by atoms with Crippen molar-refractivity contribution < 1.29 is 31.9 Å². The van der Waals surface area contributed by atoms with Gasteiger partial charge in [-0.2, -0.15) is 0 Å². The van der Waals surface area contributed by atoms with Gasteiger partial charge in [-0.3, -0.25) is 9.52 Å². The molecule has 0 radical (unpaired) electrons. The van der Waals surface area contributed by atoms with Crippen molar-refractivity contribution in [3.05, 3.63) is 59.5 Å². The molecule has 0 saturated carbocycles. The molecule has 1 aromatic heterocycles. The summed E-state index contributed by atoms with van der Waals surface area (Å²) in [6.07, 6.45) is 0. The summed E-state index contributed by atoms with van der Waals surface area (Å²) in [6.45, 7) is 4.12. The average Bonchev–Trinajstić information content (AvgIpc) is 3.22. The van der Waals surface area contributed by atoms with Gasteiger partial charge in [0.15, 0.2) is 17.3 Å². The first-order valence-corrected chi connectivity index (χ1v) is 11.5. The van der Waals surface area contributed by atoms with Crippen LogP contribution in [-0.4, -0.2) is 40.3 Å². The number of ether oxygens (including phenoxy) is 3. The molecule has 0 atom stereocenters. The van der Waals surface area contributed by atoms with Gasteiger partial charge in [0.2, 0.25) is 0 Å². The van der Waals surface area contributed by atoms with Crippen molar-refractivity contribution in [3.8, 4) is 17.2 Å². The first-order chi connectivity index (χ1) is 15.8. The van der Waals surface area contributed by atoms with Crippen LogP contribution in [0, 0.1) is 6.92 Å². The van der Waals surface area contributed by atoms with E-state index in [0.717, 1.165) is 0 Å². The van der Waals surface area contributed by atoms with Crippen LogP contribution in [-0.2, 0) is 16.6 Å². The third kappa shape index (κ3) is 5.75. The maximum absolute atomic E-state index is 13.0. The lowest BCUT2D eigenvalue weighted by atomic mass is 10.1. The molecule has 0 saturated heterocycles. The zero-order valence-electron chi connectivity index (χ0n) is 18.7. The maximum Gasteiger partial charge on any atom is 0.261 e. The van der Waals surface area contributed by atoms with Gasteiger partial charge in [-0.05, 0) is 44.2 Å². The largest absolute Gasteiger partial charge is 0.494 e. The van der Waals surface area contributed by atoms with Crippen molar-refractivity contribution in [2.24, 2.45) is 0 Å². The molecule has 0 aliphatic rings. The molecule has 2 N–H and O–H groups in total. The minimum atomic E-state index is -4.02. The molecule has 0 fully saturated rings. The van der Waals surface area contributed by atoms with Gasteiger partial charge >= 0.3 is 0 Å². The van der Waals surface area contributed by atoms with E-state index in [2.05, 4.69) is 15.2 Å². The minimum Gasteiger partial charge on any atom is -0.494 e. The second-order valence-electron chi connectivity index (χ2n) is 6.88. The van der Waals surface area contributed by atoms with Crippen LogP contribution in [0.15, 0.2) is 51.9 Å². The molecule has 3 rings (SSSR count). The SMILES string of the molecule is CCOc1ccc(S(=O)(=O)Nc2cc(OC)c(OC)cc2C(=O)NCc2cc(C)no2)cc1. The van der Waals surface area contributed by atoms with E-state index in [1.807, 2.05) is 6.92 Å². The Bertz CT molecular complexity index is 1220. The summed E-state index contributed by atoms with van der Waals surface area (Å²) >= 11 is 0. The predicted octanol–water partition coefficient (Wildman–Crippen LogP) is 3.13. The van der Waals surface area contributed by atoms with Gasteiger partial charge in [0.1, 0.15) is 5.75 Å². The number of aryl methyl sites for hydroxylation is 1. The van der Waals surface area contributed by atoms with Crippen molar-refractivity contribution in [2.75, 3.05) is 25.5 Å². The molecule has 3 aromatic rings. The number of sulfonamides is 1. The standard InChI is InChI=1S/C22H25N3O7S/c1-5-31-15-6-8-17(9-7-15)33(27,28)25-19-12-21(30-4)20(29-3)11-18(19)22(26)23-13-16-10-14(2)24-32-16/h6-12,25H,5,13H2,1-4H3,(H,23,26). The molecule has 0 unspecified atom stereocenters. The Morgan fingerprint density at radius 3 is 2.30 bits per heavy atom. The maximum atomic E-state index is 13.0. The molecule has 1 heterocycles. The molecule has 33 heavy (non-hydrogen) atoms. The summed E-state index contributed by atoms with van der Waals surface area (Å²) in [4.78, 5) is 12.9. The number of nitrogens with one attached hydrogen (secondary N) is 2. The van der Waals surface area contributed by atoms with E-state index in [-0.39, 0.29) is 34.2 Å². The lowest BCUT2D eigenvalue weighted by Crippen LogP contribution is -2.25. The number of carbonyl (C=O) groups is 1. The number of anilines is 1. The topological polar surface area (TPSA) is 129 Å². The molecule has 1 amide bonds. The highest BCUT2D eigenvalue weighted by molar-refractivity contribution is 7.92. The summed E-state index contributed by atoms with van der Waals surface area (Å²) in [6, 6.07) is 10.4. The molecule has 0 aliphatic heterocycles. The van der Waals surface area contributed by atoms with Gasteiger partial charge in [-0.1, -0.05) is 5.16 Å². The van der Waals surface area contributed by atoms with Crippen molar-refractivity contribution in [1.29, 1.82) is 0 Å². The first-order valence-electron chi connectivity index (χ1n) is 9.99. The van der Waals surface area contributed by atoms with Crippen LogP contribution in [0.4, 0.5) is 5.69 Å². The summed E-state index contributed by atoms with van der Waals surface area (Å²) in [7, 11) is -1.19. The van der Waals surface area contributed by atoms with Crippen molar-refractivity contribution in [3.63, 3.8) is 0 Å². The second kappa shape index (κ2) is 10.3. The highest BCUT2D eigenvalue weighted by Crippen LogP contribution is 2.34. The van der Waals surface area contributed by atoms with Gasteiger partial charge in [-0.15, -0.1) is 0 Å². The zero-order valence-corrected chi connectivity index (χ0v) is 19.5. The van der Waals surface area contributed by atoms with Gasteiger partial charge in [-0.25, -0.2) is 8.42 Å². The Kier molecular flexibility index (Phi) is 7.44. The summed E-state index contributed by atoms with van der Waals surface area (Å²) in [5, 5.41) is 6.46. The highest BCUT2D eigenvalue weighted by atomic mass is 32.2. The van der Waals surface area contributed by atoms with E-state index in [4.69, 9.17) is 18.7 Å². The number of rotatable bonds is 10. The van der Waals surface area contributed by atoms with Gasteiger partial charge in [0.05, 0.1) is 49.2 Å². The van der Waals surface area contributed by atoms with Crippen molar-refractivity contribution in [2.45, 2.75) is 25.3 Å². The quantitative estimate of drug-likeness (QED) is 0.458. The van der Waals surface area contributed by atoms with Crippen LogP contribution in [0.1, 0.15) is 28.7 Å². The predicted molar refractivity (Wildman–Crippen MR) is 120 cm³/mol. The van der Waals surface area contributed by atoms with E-state index < -0.39 is 15.9 Å². The molecule has 0 aliphatic carbocycles. The molecule has 2 aromatic carbocycles. The third-order valence-electron chi connectivity index (χ3n) is 4.56. The van der Waals surface area contributed by atoms with Gasteiger partial charge in [0.25, 0.3) is 15.9 Å². The minimum absolute atomic E-state index is 0.00392. The molecule has 11 heteroatoms. The Morgan fingerprint density at radius 1 is 1.06 bits per heavy atom. The van der Waals surface area contributed by atoms with Crippen molar-refractivity contribution >= 4 is 21.6 Å². The van der Waals surface area contributed by atoms with E-state index in [0.29, 0.717) is 23.8 Å². The molecule has 176 valence electrons. The summed E-state index contributed by atoms with van der Waals surface area (Å²) in [5.41, 5.74) is 0.736. The molecular weight excluding hydrogens is 450 g/mol. The fraction of sp³-hybridized carbons (Fsp3) is 0.273. The molecular formula is C22H25N3O7S. The fourth-order valence-corrected chi connectivity index (χ4v) is 4.07. The van der Waals surface area contributed by atoms with E-state index in [1.54, 1.807) is 25.1 Å². The lowest BCUT2D eigenvalue weighted by Gasteiger charge is -2.16. The van der Waals surface area contributed by atoms with E-state index in [9.17, 15) is 13.2 Å². The van der Waals surface area contributed by atoms with Gasteiger partial charge in [0, 0.05) is 12.1 Å². The van der Waals surface area contributed by atoms with Crippen molar-refractivity contribution in [1.82, 2.24) is 10.5 Å². The Hall–Kier alpha value is -3.73. The second-order valence-corrected chi connectivity index (χ2v) is 8.56. The van der Waals surface area contributed by atoms with Crippen LogP contribution in [0.3, 0.4) is 0 Å². The average molecular weight is 476 g/mol. The van der Waals surface area contributed by atoms with Crippen LogP contribution >= 0.6 is 0 Å². The fourth-order valence-electron chi connectivity index (χ4n) is 3.00. The van der Waals surface area contributed by atoms with Crippen LogP contribution in [0.5, 0.6) is 17.2 Å². The number of benzene rings is 2. The molecule has 10 nitrogen and oxygen atoms in total. The number of aromatic nitrogens is 1. The Balaban J connectivity index is 1.92. The smallest absolute Gasteiger partial charge is 0.261 e. The molecule has 0 bridgehead atoms. The number of hydrogen-bond acceptors (Lipinski definition) is 8. The Morgan fingerprint density at radius 2 is 1.73 bits per heavy atom. The summed E-state index contributed by atoms with van der Waals surface area (Å²) in [5.74, 6) is 0.976. The van der Waals surface area contributed by atoms with Gasteiger partial charge < -0.3 is 24.1 Å². The number of amides is 1. The van der Waals surface area contributed by atoms with E-state index in [1.165, 1.54) is 38.5 Å². The first kappa shape index (κ1) is 23.9. The number of hydrogen-bond donors (Lipinski definition) is 2. The number of methoxy groups -OCH3 is 2. The number of carbonyl (C=O) groups excluding carboxylic acids is 1. The normalized spacial score (nSPS) is 11.0. The van der Waals surface area contributed by atoms with Crippen LogP contribution in [0.2, 0.25) is 0 Å². The highest BCUT2D eigenvalue weighted by Gasteiger charge is 2.22. The molecule has 0 spiro atoms. The lowest BCUT2D eigenvalue weighted by molar-refractivity contribution is 0.0947. The number of nitrogens with zero attached hydrogens (tertiary/aromatic N) is 1. The van der Waals surface area contributed by atoms with Crippen LogP contribution < -0.4 is 24.2 Å². The monoisotopic (exact) mass is 475 g/mol. The van der Waals surface area contributed by atoms with Crippen LogP contribution in [0.25, 0.3) is 0 Å².